The number of hydrogen-bond donors (Lipinski definition) is 2. The fraction of sp³-hybridized carbons (Fsp3) is 0.263. The molecule has 2 N–H and O–H groups in total. The predicted molar refractivity (Wildman–Crippen MR) is 94.0 cm³/mol. The number of ether oxygens (including phenoxy) is 2. The first-order chi connectivity index (χ1) is 12.2. The van der Waals surface area contributed by atoms with Crippen LogP contribution in [0, 0.1) is 0 Å². The summed E-state index contributed by atoms with van der Waals surface area (Å²) in [6.07, 6.45) is 0.715. The van der Waals surface area contributed by atoms with Crippen LogP contribution in [0.4, 0.5) is 10.5 Å². The van der Waals surface area contributed by atoms with Crippen LogP contribution in [0.15, 0.2) is 48.5 Å². The predicted octanol–water partition coefficient (Wildman–Crippen LogP) is 2.99. The Balaban J connectivity index is 1.58. The maximum atomic E-state index is 12.2. The highest BCUT2D eigenvalue weighted by molar-refractivity contribution is 5.94. The number of rotatable bonds is 4. The van der Waals surface area contributed by atoms with E-state index in [9.17, 15) is 9.59 Å². The van der Waals surface area contributed by atoms with Crippen molar-refractivity contribution in [1.29, 1.82) is 0 Å². The van der Waals surface area contributed by atoms with E-state index in [1.54, 1.807) is 31.2 Å². The van der Waals surface area contributed by atoms with Crippen molar-refractivity contribution in [1.82, 2.24) is 5.32 Å². The molecule has 0 aromatic heterocycles. The van der Waals surface area contributed by atoms with Crippen LogP contribution < -0.4 is 15.4 Å². The zero-order chi connectivity index (χ0) is 17.6. The molecule has 6 nitrogen and oxygen atoms in total. The van der Waals surface area contributed by atoms with Gasteiger partial charge in [0.15, 0.2) is 0 Å². The van der Waals surface area contributed by atoms with Gasteiger partial charge in [-0.1, -0.05) is 24.3 Å². The average molecular weight is 340 g/mol. The summed E-state index contributed by atoms with van der Waals surface area (Å²) < 4.78 is 10.6. The van der Waals surface area contributed by atoms with Crippen molar-refractivity contribution in [2.24, 2.45) is 0 Å². The van der Waals surface area contributed by atoms with Gasteiger partial charge in [-0.2, -0.15) is 0 Å². The van der Waals surface area contributed by atoms with Gasteiger partial charge in [0.25, 0.3) is 0 Å². The van der Waals surface area contributed by atoms with Gasteiger partial charge >= 0.3 is 12.0 Å². The second-order valence-corrected chi connectivity index (χ2v) is 5.72. The minimum atomic E-state index is -0.413. The smallest absolute Gasteiger partial charge is 0.338 e. The molecular weight excluding hydrogens is 320 g/mol. The highest BCUT2D eigenvalue weighted by Gasteiger charge is 2.21. The molecule has 3 rings (SSSR count). The van der Waals surface area contributed by atoms with Crippen LogP contribution in [-0.4, -0.2) is 31.3 Å². The monoisotopic (exact) mass is 340 g/mol. The molecule has 130 valence electrons. The number of fused-ring (bicyclic) bond motifs is 1. The van der Waals surface area contributed by atoms with Gasteiger partial charge in [-0.3, -0.25) is 0 Å². The van der Waals surface area contributed by atoms with Crippen LogP contribution in [0.25, 0.3) is 0 Å². The van der Waals surface area contributed by atoms with E-state index in [2.05, 4.69) is 10.6 Å². The summed E-state index contributed by atoms with van der Waals surface area (Å²) in [4.78, 5) is 24.0. The number of carbonyl (C=O) groups is 2. The number of hydrogen-bond acceptors (Lipinski definition) is 4. The van der Waals surface area contributed by atoms with E-state index in [4.69, 9.17) is 9.47 Å². The third-order valence-corrected chi connectivity index (χ3v) is 3.85. The number of nitrogens with one attached hydrogen (secondary N) is 2. The van der Waals surface area contributed by atoms with E-state index in [-0.39, 0.29) is 12.1 Å². The summed E-state index contributed by atoms with van der Waals surface area (Å²) in [7, 11) is 0. The molecule has 1 heterocycles. The third-order valence-electron chi connectivity index (χ3n) is 3.85. The van der Waals surface area contributed by atoms with E-state index in [1.165, 1.54) is 0 Å². The molecule has 0 spiro atoms. The normalized spacial score (nSPS) is 15.5. The maximum Gasteiger partial charge on any atom is 0.338 e. The number of carbonyl (C=O) groups excluding carboxylic acids is 2. The molecule has 1 aliphatic rings. The quantitative estimate of drug-likeness (QED) is 0.839. The molecule has 0 saturated heterocycles. The van der Waals surface area contributed by atoms with Gasteiger partial charge in [-0.05, 0) is 43.2 Å². The Hall–Kier alpha value is -3.02. The number of esters is 1. The Bertz CT molecular complexity index is 776. The van der Waals surface area contributed by atoms with E-state index in [0.29, 0.717) is 30.9 Å². The molecule has 2 aromatic carbocycles. The molecule has 2 amide bonds. The minimum absolute atomic E-state index is 0.108. The Labute approximate surface area is 146 Å². The number of urea groups is 1. The van der Waals surface area contributed by atoms with E-state index < -0.39 is 5.97 Å². The molecule has 6 heteroatoms. The fourth-order valence-electron chi connectivity index (χ4n) is 2.71. The fourth-order valence-corrected chi connectivity index (χ4v) is 2.71. The lowest BCUT2D eigenvalue weighted by Gasteiger charge is -2.26. The van der Waals surface area contributed by atoms with Gasteiger partial charge in [0.1, 0.15) is 12.4 Å². The highest BCUT2D eigenvalue weighted by atomic mass is 16.5. The van der Waals surface area contributed by atoms with Gasteiger partial charge in [-0.25, -0.2) is 9.59 Å². The third kappa shape index (κ3) is 4.29. The highest BCUT2D eigenvalue weighted by Crippen LogP contribution is 2.23. The summed E-state index contributed by atoms with van der Waals surface area (Å²) in [6, 6.07) is 14.0. The molecule has 0 fully saturated rings. The van der Waals surface area contributed by atoms with Gasteiger partial charge in [0, 0.05) is 5.69 Å². The standard InChI is InChI=1S/C19H20N2O4/c1-2-24-18(22)14-7-5-8-15(11-14)20-19(23)21-16-10-13-6-3-4-9-17(13)25-12-16/h3-9,11,16H,2,10,12H2,1H3,(H2,20,21,23). The summed E-state index contributed by atoms with van der Waals surface area (Å²) in [5.74, 6) is 0.451. The summed E-state index contributed by atoms with van der Waals surface area (Å²) in [5, 5.41) is 5.63. The van der Waals surface area contributed by atoms with Crippen molar-refractivity contribution in [3.8, 4) is 5.75 Å². The van der Waals surface area contributed by atoms with Crippen LogP contribution in [-0.2, 0) is 11.2 Å². The molecule has 1 atom stereocenters. The lowest BCUT2D eigenvalue weighted by atomic mass is 10.0. The Morgan fingerprint density at radius 1 is 1.20 bits per heavy atom. The zero-order valence-corrected chi connectivity index (χ0v) is 14.0. The molecule has 25 heavy (non-hydrogen) atoms. The largest absolute Gasteiger partial charge is 0.491 e. The Morgan fingerprint density at radius 2 is 2.04 bits per heavy atom. The molecular formula is C19H20N2O4. The van der Waals surface area contributed by atoms with Crippen molar-refractivity contribution < 1.29 is 19.1 Å². The van der Waals surface area contributed by atoms with Crippen LogP contribution in [0.1, 0.15) is 22.8 Å². The molecule has 0 aliphatic carbocycles. The van der Waals surface area contributed by atoms with Crippen molar-refractivity contribution in [3.63, 3.8) is 0 Å². The van der Waals surface area contributed by atoms with Crippen molar-refractivity contribution in [2.45, 2.75) is 19.4 Å². The van der Waals surface area contributed by atoms with E-state index >= 15 is 0 Å². The lowest BCUT2D eigenvalue weighted by Crippen LogP contribution is -2.44. The zero-order valence-electron chi connectivity index (χ0n) is 14.0. The second-order valence-electron chi connectivity index (χ2n) is 5.72. The molecule has 2 aromatic rings. The van der Waals surface area contributed by atoms with Gasteiger partial charge in [0.2, 0.25) is 0 Å². The van der Waals surface area contributed by atoms with Gasteiger partial charge < -0.3 is 20.1 Å². The second kappa shape index (κ2) is 7.70. The first-order valence-corrected chi connectivity index (χ1v) is 8.21. The summed E-state index contributed by atoms with van der Waals surface area (Å²) in [5.41, 5.74) is 2.00. The average Bonchev–Trinajstić information content (AvgIpc) is 2.62. The number of anilines is 1. The van der Waals surface area contributed by atoms with Crippen molar-refractivity contribution in [2.75, 3.05) is 18.5 Å². The molecule has 1 unspecified atom stereocenters. The molecule has 1 aliphatic heterocycles. The minimum Gasteiger partial charge on any atom is -0.491 e. The van der Waals surface area contributed by atoms with Crippen molar-refractivity contribution >= 4 is 17.7 Å². The van der Waals surface area contributed by atoms with Gasteiger partial charge in [-0.15, -0.1) is 0 Å². The summed E-state index contributed by atoms with van der Waals surface area (Å²) in [6.45, 7) is 2.48. The SMILES string of the molecule is CCOC(=O)c1cccc(NC(=O)NC2COc3ccccc3C2)c1. The van der Waals surface area contributed by atoms with Crippen LogP contribution >= 0.6 is 0 Å². The number of amides is 2. The van der Waals surface area contributed by atoms with E-state index in [1.807, 2.05) is 24.3 Å². The Morgan fingerprint density at radius 3 is 2.88 bits per heavy atom. The molecule has 0 saturated carbocycles. The molecule has 0 radical (unpaired) electrons. The Kier molecular flexibility index (Phi) is 5.18. The first-order valence-electron chi connectivity index (χ1n) is 8.21. The lowest BCUT2D eigenvalue weighted by molar-refractivity contribution is 0.0526. The topological polar surface area (TPSA) is 76.7 Å². The van der Waals surface area contributed by atoms with Crippen LogP contribution in [0.5, 0.6) is 5.75 Å². The van der Waals surface area contributed by atoms with Gasteiger partial charge in [0.05, 0.1) is 18.2 Å². The number of para-hydroxylation sites is 1. The van der Waals surface area contributed by atoms with Crippen LogP contribution in [0.3, 0.4) is 0 Å². The van der Waals surface area contributed by atoms with Crippen LogP contribution in [0.2, 0.25) is 0 Å². The molecule has 0 bridgehead atoms. The first kappa shape index (κ1) is 16.8. The van der Waals surface area contributed by atoms with Crippen molar-refractivity contribution in [3.05, 3.63) is 59.7 Å². The number of benzene rings is 2. The summed E-state index contributed by atoms with van der Waals surface area (Å²) >= 11 is 0. The maximum absolute atomic E-state index is 12.2. The van der Waals surface area contributed by atoms with E-state index in [0.717, 1.165) is 11.3 Å².